The number of rotatable bonds is 11. The summed E-state index contributed by atoms with van der Waals surface area (Å²) < 4.78 is 5.95. The molecule has 210 valence electrons. The molecule has 0 aromatic rings. The van der Waals surface area contributed by atoms with Crippen molar-refractivity contribution in [2.24, 2.45) is 35.0 Å². The molecular weight excluding hydrogens is 480 g/mol. The average Bonchev–Trinajstić information content (AvgIpc) is 2.88. The van der Waals surface area contributed by atoms with Crippen LogP contribution < -0.4 is 0 Å². The highest BCUT2D eigenvalue weighted by atomic mass is 16.5. The second-order valence-electron chi connectivity index (χ2n) is 11.0. The van der Waals surface area contributed by atoms with E-state index in [1.165, 1.54) is 32.1 Å². The van der Waals surface area contributed by atoms with Crippen LogP contribution >= 0.6 is 0 Å². The van der Waals surface area contributed by atoms with E-state index >= 15 is 0 Å². The Morgan fingerprint density at radius 2 is 1.76 bits per heavy atom. The number of carbonyl (C=O) groups excluding carboxylic acids is 2. The zero-order valence-corrected chi connectivity index (χ0v) is 22.4. The summed E-state index contributed by atoms with van der Waals surface area (Å²) in [6.45, 7) is 7.39. The van der Waals surface area contributed by atoms with Crippen molar-refractivity contribution in [2.45, 2.75) is 78.0 Å². The van der Waals surface area contributed by atoms with Crippen molar-refractivity contribution in [3.8, 4) is 0 Å². The first-order valence-electron chi connectivity index (χ1n) is 13.0. The van der Waals surface area contributed by atoms with Gasteiger partial charge in [-0.3, -0.25) is 9.59 Å². The molecule has 0 spiro atoms. The topological polar surface area (TPSA) is 165 Å². The second kappa shape index (κ2) is 13.3. The molecule has 9 nitrogen and oxygen atoms in total. The summed E-state index contributed by atoms with van der Waals surface area (Å²) in [6.07, 6.45) is 3.75. The summed E-state index contributed by atoms with van der Waals surface area (Å²) in [5.41, 5.74) is -0.659. The third-order valence-corrected chi connectivity index (χ3v) is 8.32. The van der Waals surface area contributed by atoms with Gasteiger partial charge in [-0.05, 0) is 56.9 Å². The van der Waals surface area contributed by atoms with Crippen LogP contribution in [0.2, 0.25) is 0 Å². The van der Waals surface area contributed by atoms with Gasteiger partial charge in [0.1, 0.15) is 12.2 Å². The van der Waals surface area contributed by atoms with Gasteiger partial charge in [-0.25, -0.2) is 0 Å². The number of esters is 1. The number of aliphatic hydroxyl groups is 6. The molecule has 0 saturated heterocycles. The lowest BCUT2D eigenvalue weighted by Gasteiger charge is -2.53. The summed E-state index contributed by atoms with van der Waals surface area (Å²) in [7, 11) is 0. The van der Waals surface area contributed by atoms with Gasteiger partial charge in [0.2, 0.25) is 0 Å². The highest BCUT2D eigenvalue weighted by Gasteiger charge is 2.57. The molecule has 9 heteroatoms. The minimum Gasteiger partial charge on any atom is -0.462 e. The first-order chi connectivity index (χ1) is 17.3. The predicted molar refractivity (Wildman–Crippen MR) is 137 cm³/mol. The highest BCUT2D eigenvalue weighted by Crippen LogP contribution is 2.53. The van der Waals surface area contributed by atoms with E-state index < -0.39 is 66.1 Å². The predicted octanol–water partition coefficient (Wildman–Crippen LogP) is 0.909. The Bertz CT molecular complexity index is 879. The van der Waals surface area contributed by atoms with Crippen LogP contribution in [0.3, 0.4) is 0 Å². The summed E-state index contributed by atoms with van der Waals surface area (Å²) in [5, 5.41) is 59.3. The summed E-state index contributed by atoms with van der Waals surface area (Å²) in [6, 6.07) is 0. The number of ketones is 1. The Morgan fingerprint density at radius 1 is 1.11 bits per heavy atom. The standard InChI is InChI=1S/C28H44O9/c1-15(7-6-8-21(32)18(4)31)25(34)17(3)27(36)37-23-12-19(13-29)11-20-10-9-16(2)28(5,24(20)23)26(35)22(33)14-30/h6-10,16-25,29-34H,11-14H2,1-5H3/b8-6+,15-7+/t16-,17-,18+,19+,20-,21-,22?,23-,24+,25-,28-/m0/s1. The molecule has 0 bridgehead atoms. The van der Waals surface area contributed by atoms with E-state index in [1.54, 1.807) is 13.8 Å². The Kier molecular flexibility index (Phi) is 11.2. The zero-order chi connectivity index (χ0) is 28.1. The van der Waals surface area contributed by atoms with Crippen LogP contribution in [0.15, 0.2) is 36.0 Å². The lowest BCUT2D eigenvalue weighted by atomic mass is 9.52. The van der Waals surface area contributed by atoms with Gasteiger partial charge < -0.3 is 35.4 Å². The first-order valence-corrected chi connectivity index (χ1v) is 13.0. The SMILES string of the molecule is C/C(=C\C=C\[C@H](O)[C@@H](C)O)[C@H](O)[C@H](C)C(=O)O[C@H]1C[C@H](CO)C[C@@H]2C=C[C@H](C)[C@](C)(C(=O)C(O)CO)[C@@H]12. The molecule has 1 saturated carbocycles. The fraction of sp³-hybridized carbons (Fsp3) is 0.714. The van der Waals surface area contributed by atoms with Crippen LogP contribution in [0.4, 0.5) is 0 Å². The minimum absolute atomic E-state index is 0.102. The van der Waals surface area contributed by atoms with Crippen LogP contribution in [-0.2, 0) is 14.3 Å². The summed E-state index contributed by atoms with van der Waals surface area (Å²) >= 11 is 0. The van der Waals surface area contributed by atoms with Crippen LogP contribution in [0.5, 0.6) is 0 Å². The van der Waals surface area contributed by atoms with Crippen molar-refractivity contribution in [1.82, 2.24) is 0 Å². The number of hydrogen-bond acceptors (Lipinski definition) is 9. The van der Waals surface area contributed by atoms with Gasteiger partial charge in [0.05, 0.1) is 30.8 Å². The van der Waals surface area contributed by atoms with E-state index in [4.69, 9.17) is 4.74 Å². The van der Waals surface area contributed by atoms with Crippen molar-refractivity contribution in [3.05, 3.63) is 36.0 Å². The molecule has 0 aromatic heterocycles. The number of allylic oxidation sites excluding steroid dienone is 4. The lowest BCUT2D eigenvalue weighted by molar-refractivity contribution is -0.177. The van der Waals surface area contributed by atoms with Gasteiger partial charge in [-0.15, -0.1) is 0 Å². The first kappa shape index (κ1) is 31.3. The maximum Gasteiger partial charge on any atom is 0.311 e. The van der Waals surface area contributed by atoms with E-state index in [1.807, 2.05) is 19.1 Å². The van der Waals surface area contributed by atoms with E-state index in [0.717, 1.165) is 0 Å². The Balaban J connectivity index is 2.29. The second-order valence-corrected chi connectivity index (χ2v) is 11.0. The third kappa shape index (κ3) is 6.96. The van der Waals surface area contributed by atoms with Crippen molar-refractivity contribution in [3.63, 3.8) is 0 Å². The number of ether oxygens (including phenoxy) is 1. The third-order valence-electron chi connectivity index (χ3n) is 8.32. The van der Waals surface area contributed by atoms with Gasteiger partial charge in [-0.2, -0.15) is 0 Å². The number of aliphatic hydroxyl groups excluding tert-OH is 6. The Hall–Kier alpha value is -1.88. The molecular formula is C28H44O9. The van der Waals surface area contributed by atoms with Crippen molar-refractivity contribution >= 4 is 11.8 Å². The van der Waals surface area contributed by atoms with Gasteiger partial charge >= 0.3 is 5.97 Å². The maximum absolute atomic E-state index is 13.3. The number of Topliss-reactive ketones (excluding diaryl/α,β-unsaturated/α-hetero) is 1. The molecule has 0 aromatic carbocycles. The Morgan fingerprint density at radius 3 is 2.32 bits per heavy atom. The van der Waals surface area contributed by atoms with Crippen molar-refractivity contribution < 1.29 is 45.0 Å². The average molecular weight is 525 g/mol. The molecule has 0 aliphatic heterocycles. The van der Waals surface area contributed by atoms with Crippen LogP contribution in [-0.4, -0.2) is 86.1 Å². The van der Waals surface area contributed by atoms with E-state index in [0.29, 0.717) is 18.4 Å². The lowest BCUT2D eigenvalue weighted by Crippen LogP contribution is -2.57. The molecule has 0 heterocycles. The van der Waals surface area contributed by atoms with Crippen molar-refractivity contribution in [1.29, 1.82) is 0 Å². The summed E-state index contributed by atoms with van der Waals surface area (Å²) in [5.74, 6) is -3.19. The van der Waals surface area contributed by atoms with Crippen LogP contribution in [0.25, 0.3) is 0 Å². The molecule has 1 fully saturated rings. The molecule has 2 aliphatic rings. The van der Waals surface area contributed by atoms with Crippen LogP contribution in [0.1, 0.15) is 47.5 Å². The molecule has 2 rings (SSSR count). The molecule has 0 radical (unpaired) electrons. The normalized spacial score (nSPS) is 34.4. The fourth-order valence-corrected chi connectivity index (χ4v) is 5.68. The fourth-order valence-electron chi connectivity index (χ4n) is 5.68. The smallest absolute Gasteiger partial charge is 0.311 e. The van der Waals surface area contributed by atoms with Gasteiger partial charge in [0.15, 0.2) is 5.78 Å². The van der Waals surface area contributed by atoms with E-state index in [-0.39, 0.29) is 24.4 Å². The van der Waals surface area contributed by atoms with Crippen LogP contribution in [0, 0.1) is 35.0 Å². The van der Waals surface area contributed by atoms with Crippen molar-refractivity contribution in [2.75, 3.05) is 13.2 Å². The molecule has 11 atom stereocenters. The zero-order valence-electron chi connectivity index (χ0n) is 22.4. The van der Waals surface area contributed by atoms with E-state index in [2.05, 4.69) is 0 Å². The maximum atomic E-state index is 13.3. The Labute approximate surface area is 219 Å². The molecule has 0 amide bonds. The highest BCUT2D eigenvalue weighted by molar-refractivity contribution is 5.89. The molecule has 1 unspecified atom stereocenters. The largest absolute Gasteiger partial charge is 0.462 e. The molecule has 37 heavy (non-hydrogen) atoms. The molecule has 6 N–H and O–H groups in total. The number of fused-ring (bicyclic) bond motifs is 1. The molecule has 2 aliphatic carbocycles. The number of hydrogen-bond donors (Lipinski definition) is 6. The van der Waals surface area contributed by atoms with Gasteiger partial charge in [-0.1, -0.05) is 44.2 Å². The quantitative estimate of drug-likeness (QED) is 0.131. The summed E-state index contributed by atoms with van der Waals surface area (Å²) in [4.78, 5) is 26.5. The minimum atomic E-state index is -1.56. The van der Waals surface area contributed by atoms with Gasteiger partial charge in [0.25, 0.3) is 0 Å². The monoisotopic (exact) mass is 524 g/mol. The van der Waals surface area contributed by atoms with E-state index in [9.17, 15) is 40.2 Å². The van der Waals surface area contributed by atoms with Gasteiger partial charge in [0, 0.05) is 17.9 Å². The number of carbonyl (C=O) groups is 2.